The predicted molar refractivity (Wildman–Crippen MR) is 144 cm³/mol. The van der Waals surface area contributed by atoms with Crippen LogP contribution in [0.2, 0.25) is 25.7 Å². The highest BCUT2D eigenvalue weighted by Gasteiger charge is 2.62. The van der Waals surface area contributed by atoms with Crippen molar-refractivity contribution in [2.75, 3.05) is 26.9 Å². The number of carboxylic acids is 1. The van der Waals surface area contributed by atoms with Crippen LogP contribution in [0.4, 0.5) is 13.2 Å². The molecule has 2 aromatic carbocycles. The van der Waals surface area contributed by atoms with Crippen molar-refractivity contribution in [3.8, 4) is 17.2 Å². The average Bonchev–Trinajstić information content (AvgIpc) is 3.25. The summed E-state index contributed by atoms with van der Waals surface area (Å²) in [5.74, 6) is -3.55. The number of esters is 1. The first kappa shape index (κ1) is 31.8. The highest BCUT2D eigenvalue weighted by atomic mass is 28.3. The Kier molecular flexibility index (Phi) is 9.61. The number of phenolic OH excluding ortho intramolecular Hbond substituents is 1. The van der Waals surface area contributed by atoms with Crippen LogP contribution < -0.4 is 9.47 Å². The number of rotatable bonds is 13. The van der Waals surface area contributed by atoms with Gasteiger partial charge in [-0.1, -0.05) is 25.7 Å². The third-order valence-electron chi connectivity index (χ3n) is 6.19. The number of ether oxygens (including phenoxy) is 4. The normalized spacial score (nSPS) is 13.6. The number of aliphatic hydroxyl groups is 1. The summed E-state index contributed by atoms with van der Waals surface area (Å²) in [7, 11) is -0.293. The molecule has 0 amide bonds. The molecule has 0 spiro atoms. The lowest BCUT2D eigenvalue weighted by Gasteiger charge is -2.25. The van der Waals surface area contributed by atoms with E-state index in [1.54, 1.807) is 0 Å². The molecule has 0 aliphatic heterocycles. The first-order chi connectivity index (χ1) is 19.1. The molecule has 1 atom stereocenters. The van der Waals surface area contributed by atoms with Crippen molar-refractivity contribution in [3.05, 3.63) is 53.7 Å². The Hall–Kier alpha value is -3.75. The largest absolute Gasteiger partial charge is 0.507 e. The minimum atomic E-state index is -5.53. The number of methoxy groups -OCH3 is 1. The van der Waals surface area contributed by atoms with Crippen LogP contribution in [0.15, 0.2) is 42.6 Å². The van der Waals surface area contributed by atoms with E-state index in [0.717, 1.165) is 19.4 Å². The van der Waals surface area contributed by atoms with E-state index in [1.807, 2.05) is 0 Å². The Labute approximate surface area is 234 Å². The monoisotopic (exact) mass is 599 g/mol. The van der Waals surface area contributed by atoms with Gasteiger partial charge in [-0.25, -0.2) is 9.59 Å². The number of aliphatic carboxylic acids is 1. The molecule has 0 bridgehead atoms. The van der Waals surface area contributed by atoms with Gasteiger partial charge < -0.3 is 38.8 Å². The maximum atomic E-state index is 13.9. The number of fused-ring (bicyclic) bond motifs is 1. The van der Waals surface area contributed by atoms with Gasteiger partial charge in [-0.05, 0) is 36.4 Å². The number of aromatic hydroxyl groups is 1. The molecule has 1 aromatic heterocycles. The summed E-state index contributed by atoms with van der Waals surface area (Å²) >= 11 is 0. The second-order valence-corrected chi connectivity index (χ2v) is 16.0. The smallest absolute Gasteiger partial charge is 0.432 e. The van der Waals surface area contributed by atoms with Crippen LogP contribution in [0.5, 0.6) is 17.2 Å². The van der Waals surface area contributed by atoms with Crippen LogP contribution in [-0.2, 0) is 26.6 Å². The number of benzene rings is 2. The van der Waals surface area contributed by atoms with Gasteiger partial charge in [-0.3, -0.25) is 0 Å². The Balaban J connectivity index is 1.87. The highest BCUT2D eigenvalue weighted by Crippen LogP contribution is 2.43. The van der Waals surface area contributed by atoms with Gasteiger partial charge in [0.25, 0.3) is 5.60 Å². The van der Waals surface area contributed by atoms with E-state index in [2.05, 4.69) is 24.4 Å². The summed E-state index contributed by atoms with van der Waals surface area (Å²) in [6.45, 7) is 6.37. The molecule has 0 aliphatic carbocycles. The molecular weight excluding hydrogens is 567 g/mol. The van der Waals surface area contributed by atoms with Gasteiger partial charge in [-0.2, -0.15) is 13.2 Å². The van der Waals surface area contributed by atoms with Gasteiger partial charge in [0.1, 0.15) is 42.8 Å². The van der Waals surface area contributed by atoms with E-state index in [9.17, 15) is 38.1 Å². The molecule has 0 aliphatic rings. The van der Waals surface area contributed by atoms with Crippen molar-refractivity contribution >= 4 is 30.9 Å². The second kappa shape index (κ2) is 12.4. The van der Waals surface area contributed by atoms with Gasteiger partial charge >= 0.3 is 18.1 Å². The van der Waals surface area contributed by atoms with Crippen molar-refractivity contribution in [1.29, 1.82) is 0 Å². The number of alkyl halides is 3. The molecule has 3 N–H and O–H groups in total. The number of carboxylic acid groups (broad SMARTS) is 1. The molecule has 224 valence electrons. The van der Waals surface area contributed by atoms with Crippen LogP contribution in [0.1, 0.15) is 15.9 Å². The zero-order valence-electron chi connectivity index (χ0n) is 22.9. The quantitative estimate of drug-likeness (QED) is 0.145. The van der Waals surface area contributed by atoms with Crippen LogP contribution >= 0.6 is 0 Å². The molecule has 0 saturated carbocycles. The van der Waals surface area contributed by atoms with Gasteiger partial charge in [0.2, 0.25) is 0 Å². The van der Waals surface area contributed by atoms with Crippen molar-refractivity contribution in [3.63, 3.8) is 0 Å². The Morgan fingerprint density at radius 1 is 1.02 bits per heavy atom. The van der Waals surface area contributed by atoms with E-state index in [-0.39, 0.29) is 53.7 Å². The fourth-order valence-electron chi connectivity index (χ4n) is 3.95. The van der Waals surface area contributed by atoms with Gasteiger partial charge in [0.15, 0.2) is 0 Å². The number of nitrogens with zero attached hydrogens (tertiary/aromatic N) is 1. The molecule has 0 fully saturated rings. The van der Waals surface area contributed by atoms with E-state index in [4.69, 9.17) is 14.2 Å². The number of carbonyl (C=O) groups excluding carboxylic acids is 1. The van der Waals surface area contributed by atoms with E-state index in [0.29, 0.717) is 6.61 Å². The predicted octanol–water partition coefficient (Wildman–Crippen LogP) is 4.74. The average molecular weight is 600 g/mol. The second-order valence-electron chi connectivity index (χ2n) is 10.4. The Bertz CT molecular complexity index is 1400. The molecular formula is C27H32F3NO9Si. The van der Waals surface area contributed by atoms with Crippen LogP contribution in [-0.4, -0.2) is 73.0 Å². The summed E-state index contributed by atoms with van der Waals surface area (Å²) in [5, 5.41) is 29.6. The fourth-order valence-corrected chi connectivity index (χ4v) is 4.71. The van der Waals surface area contributed by atoms with Gasteiger partial charge in [0, 0.05) is 31.8 Å². The third kappa shape index (κ3) is 7.12. The topological polar surface area (TPSA) is 137 Å². The minimum Gasteiger partial charge on any atom is -0.507 e. The molecule has 1 unspecified atom stereocenters. The van der Waals surface area contributed by atoms with Crippen molar-refractivity contribution in [2.24, 2.45) is 0 Å². The minimum absolute atomic E-state index is 0.0288. The zero-order valence-corrected chi connectivity index (χ0v) is 23.9. The molecule has 0 saturated heterocycles. The van der Waals surface area contributed by atoms with Crippen molar-refractivity contribution < 1.29 is 57.0 Å². The highest BCUT2D eigenvalue weighted by molar-refractivity contribution is 6.76. The molecule has 10 nitrogen and oxygen atoms in total. The summed E-state index contributed by atoms with van der Waals surface area (Å²) in [5.41, 5.74) is -5.06. The maximum absolute atomic E-state index is 13.9. The number of halogens is 3. The van der Waals surface area contributed by atoms with Crippen LogP contribution in [0.3, 0.4) is 0 Å². The van der Waals surface area contributed by atoms with Gasteiger partial charge in [-0.15, -0.1) is 0 Å². The summed E-state index contributed by atoms with van der Waals surface area (Å²) in [4.78, 5) is 23.7. The van der Waals surface area contributed by atoms with Crippen molar-refractivity contribution in [2.45, 2.75) is 44.2 Å². The first-order valence-corrected chi connectivity index (χ1v) is 16.2. The number of carbonyl (C=O) groups is 2. The lowest BCUT2D eigenvalue weighted by atomic mass is 9.92. The van der Waals surface area contributed by atoms with E-state index in [1.165, 1.54) is 41.0 Å². The molecule has 1 heterocycles. The molecule has 14 heteroatoms. The first-order valence-electron chi connectivity index (χ1n) is 12.5. The van der Waals surface area contributed by atoms with Crippen molar-refractivity contribution in [1.82, 2.24) is 4.57 Å². The SMILES string of the molecule is COC(=O)c1c(O)cccc1OCCOc1ccc2c(c1)c(C(O)(C(=O)O)C(F)(F)F)cn2COCC[Si](C)(C)C. The lowest BCUT2D eigenvalue weighted by molar-refractivity contribution is -0.265. The number of hydrogen-bond donors (Lipinski definition) is 3. The summed E-state index contributed by atoms with van der Waals surface area (Å²) in [6, 6.07) is 9.07. The standard InChI is InChI=1S/C27H32F3NO9Si/c1-37-24(33)23-21(32)6-5-7-22(23)40-11-10-39-17-8-9-20-18(14-17)19(26(36,25(34)35)27(28,29)30)15-31(20)16-38-12-13-41(2,3)4/h5-9,14-15,32,36H,10-13,16H2,1-4H3,(H,34,35). The zero-order chi connectivity index (χ0) is 30.6. The Morgan fingerprint density at radius 2 is 1.71 bits per heavy atom. The molecule has 0 radical (unpaired) electrons. The number of aromatic nitrogens is 1. The molecule has 3 aromatic rings. The fraction of sp³-hybridized carbons (Fsp3) is 0.407. The lowest BCUT2D eigenvalue weighted by Crippen LogP contribution is -2.49. The van der Waals surface area contributed by atoms with E-state index < -0.39 is 37.4 Å². The third-order valence-corrected chi connectivity index (χ3v) is 7.90. The molecule has 3 rings (SSSR count). The summed E-state index contributed by atoms with van der Waals surface area (Å²) in [6.07, 6.45) is -4.61. The van der Waals surface area contributed by atoms with Gasteiger partial charge in [0.05, 0.1) is 12.6 Å². The molecule has 41 heavy (non-hydrogen) atoms. The number of hydrogen-bond acceptors (Lipinski definition) is 8. The van der Waals surface area contributed by atoms with Crippen LogP contribution in [0.25, 0.3) is 10.9 Å². The maximum Gasteiger partial charge on any atom is 0.432 e. The number of phenols is 1. The summed E-state index contributed by atoms with van der Waals surface area (Å²) < 4.78 is 64.4. The van der Waals surface area contributed by atoms with E-state index >= 15 is 0 Å². The van der Waals surface area contributed by atoms with Crippen LogP contribution in [0, 0.1) is 0 Å². The Morgan fingerprint density at radius 3 is 2.32 bits per heavy atom.